The predicted octanol–water partition coefficient (Wildman–Crippen LogP) is 1.94. The molecule has 9 heteroatoms. The zero-order chi connectivity index (χ0) is 18.4. The number of aryl methyl sites for hydroxylation is 2. The molecule has 1 fully saturated rings. The molecule has 3 aromatic rings. The highest BCUT2D eigenvalue weighted by Crippen LogP contribution is 2.37. The molecule has 1 unspecified atom stereocenters. The van der Waals surface area contributed by atoms with Crippen molar-refractivity contribution in [3.05, 3.63) is 41.0 Å². The fourth-order valence-electron chi connectivity index (χ4n) is 3.68. The van der Waals surface area contributed by atoms with Crippen LogP contribution in [0, 0.1) is 0 Å². The molecule has 0 spiro atoms. The predicted molar refractivity (Wildman–Crippen MR) is 93.7 cm³/mol. The molecule has 0 aliphatic heterocycles. The smallest absolute Gasteiger partial charge is 0.293 e. The second-order valence-electron chi connectivity index (χ2n) is 7.16. The Morgan fingerprint density at radius 1 is 1.30 bits per heavy atom. The Labute approximate surface area is 155 Å². The SMILES string of the molecule is Cn1nnc(C(=O)NC2CCc3cc(-c4noc(C5CCC5)n4)ccc32)n1. The van der Waals surface area contributed by atoms with E-state index >= 15 is 0 Å². The van der Waals surface area contributed by atoms with Crippen LogP contribution in [-0.2, 0) is 13.5 Å². The van der Waals surface area contributed by atoms with E-state index in [9.17, 15) is 4.79 Å². The Bertz CT molecular complexity index is 1000. The van der Waals surface area contributed by atoms with Gasteiger partial charge in [-0.3, -0.25) is 4.79 Å². The highest BCUT2D eigenvalue weighted by Gasteiger charge is 2.28. The number of carbonyl (C=O) groups is 1. The molecule has 5 rings (SSSR count). The van der Waals surface area contributed by atoms with Gasteiger partial charge in [0.1, 0.15) is 0 Å². The average Bonchev–Trinajstić information content (AvgIpc) is 3.34. The molecule has 2 aliphatic carbocycles. The number of nitrogens with zero attached hydrogens (tertiary/aromatic N) is 6. The van der Waals surface area contributed by atoms with Crippen LogP contribution in [0.1, 0.15) is 65.3 Å². The van der Waals surface area contributed by atoms with Gasteiger partial charge in [-0.1, -0.05) is 23.7 Å². The van der Waals surface area contributed by atoms with Gasteiger partial charge in [0.15, 0.2) is 0 Å². The molecule has 2 aliphatic rings. The number of hydrogen-bond acceptors (Lipinski definition) is 7. The van der Waals surface area contributed by atoms with Gasteiger partial charge in [-0.15, -0.1) is 10.2 Å². The lowest BCUT2D eigenvalue weighted by Crippen LogP contribution is -2.28. The maximum atomic E-state index is 12.3. The van der Waals surface area contributed by atoms with Gasteiger partial charge in [0.05, 0.1) is 13.1 Å². The number of fused-ring (bicyclic) bond motifs is 1. The van der Waals surface area contributed by atoms with Gasteiger partial charge < -0.3 is 9.84 Å². The Hall–Kier alpha value is -3.10. The van der Waals surface area contributed by atoms with Crippen LogP contribution in [0.2, 0.25) is 0 Å². The van der Waals surface area contributed by atoms with Gasteiger partial charge in [0.25, 0.3) is 11.7 Å². The molecule has 1 saturated carbocycles. The molecule has 2 heterocycles. The van der Waals surface area contributed by atoms with Gasteiger partial charge >= 0.3 is 0 Å². The summed E-state index contributed by atoms with van der Waals surface area (Å²) in [6.45, 7) is 0. The minimum atomic E-state index is -0.312. The minimum absolute atomic E-state index is 0.0545. The molecule has 0 bridgehead atoms. The molecule has 27 heavy (non-hydrogen) atoms. The monoisotopic (exact) mass is 365 g/mol. The van der Waals surface area contributed by atoms with Crippen molar-refractivity contribution in [1.29, 1.82) is 0 Å². The minimum Gasteiger partial charge on any atom is -0.342 e. The van der Waals surface area contributed by atoms with Crippen LogP contribution in [0.25, 0.3) is 11.4 Å². The number of aromatic nitrogens is 6. The number of hydrogen-bond donors (Lipinski definition) is 1. The van der Waals surface area contributed by atoms with E-state index in [-0.39, 0.29) is 17.8 Å². The number of amides is 1. The van der Waals surface area contributed by atoms with Crippen molar-refractivity contribution >= 4 is 5.91 Å². The number of tetrazole rings is 1. The summed E-state index contributed by atoms with van der Waals surface area (Å²) in [5, 5.41) is 18.5. The van der Waals surface area contributed by atoms with E-state index in [1.165, 1.54) is 16.8 Å². The number of nitrogens with one attached hydrogen (secondary N) is 1. The van der Waals surface area contributed by atoms with E-state index in [1.807, 2.05) is 12.1 Å². The Balaban J connectivity index is 1.34. The topological polar surface area (TPSA) is 112 Å². The molecule has 1 atom stereocenters. The maximum absolute atomic E-state index is 12.3. The van der Waals surface area contributed by atoms with Crippen molar-refractivity contribution in [1.82, 2.24) is 35.7 Å². The molecular formula is C18H19N7O2. The van der Waals surface area contributed by atoms with E-state index in [0.717, 1.165) is 42.7 Å². The zero-order valence-electron chi connectivity index (χ0n) is 14.9. The Morgan fingerprint density at radius 2 is 2.19 bits per heavy atom. The van der Waals surface area contributed by atoms with Crippen LogP contribution in [0.15, 0.2) is 22.7 Å². The average molecular weight is 365 g/mol. The van der Waals surface area contributed by atoms with Gasteiger partial charge in [0, 0.05) is 11.5 Å². The van der Waals surface area contributed by atoms with Crippen molar-refractivity contribution in [2.24, 2.45) is 7.05 Å². The van der Waals surface area contributed by atoms with Gasteiger partial charge in [-0.05, 0) is 48.1 Å². The van der Waals surface area contributed by atoms with Crippen LogP contribution in [0.4, 0.5) is 0 Å². The summed E-state index contributed by atoms with van der Waals surface area (Å²) in [5.74, 6) is 1.58. The molecule has 0 radical (unpaired) electrons. The van der Waals surface area contributed by atoms with Crippen LogP contribution in [0.5, 0.6) is 0 Å². The summed E-state index contributed by atoms with van der Waals surface area (Å²) < 4.78 is 5.43. The highest BCUT2D eigenvalue weighted by atomic mass is 16.5. The Morgan fingerprint density at radius 3 is 2.93 bits per heavy atom. The Kier molecular flexibility index (Phi) is 3.73. The largest absolute Gasteiger partial charge is 0.342 e. The first-order valence-corrected chi connectivity index (χ1v) is 9.19. The van der Waals surface area contributed by atoms with Crippen molar-refractivity contribution < 1.29 is 9.32 Å². The molecular weight excluding hydrogens is 346 g/mol. The van der Waals surface area contributed by atoms with Crippen molar-refractivity contribution in [3.63, 3.8) is 0 Å². The first-order chi connectivity index (χ1) is 13.2. The maximum Gasteiger partial charge on any atom is 0.293 e. The van der Waals surface area contributed by atoms with Gasteiger partial charge in [-0.2, -0.15) is 9.78 Å². The van der Waals surface area contributed by atoms with Crippen LogP contribution < -0.4 is 5.32 Å². The first-order valence-electron chi connectivity index (χ1n) is 9.19. The number of benzene rings is 1. The van der Waals surface area contributed by atoms with E-state index in [1.54, 1.807) is 7.05 Å². The molecule has 1 amide bonds. The van der Waals surface area contributed by atoms with E-state index in [0.29, 0.717) is 11.7 Å². The fraction of sp³-hybridized carbons (Fsp3) is 0.444. The summed E-state index contributed by atoms with van der Waals surface area (Å²) in [4.78, 5) is 18.1. The molecule has 1 aromatic carbocycles. The zero-order valence-corrected chi connectivity index (χ0v) is 14.9. The molecule has 2 aromatic heterocycles. The lowest BCUT2D eigenvalue weighted by molar-refractivity contribution is 0.0926. The third kappa shape index (κ3) is 2.88. The second-order valence-corrected chi connectivity index (χ2v) is 7.16. The van der Waals surface area contributed by atoms with Crippen LogP contribution in [0.3, 0.4) is 0 Å². The summed E-state index contributed by atoms with van der Waals surface area (Å²) in [5.41, 5.74) is 3.25. The van der Waals surface area contributed by atoms with Gasteiger partial charge in [0.2, 0.25) is 11.7 Å². The van der Waals surface area contributed by atoms with Crippen LogP contribution >= 0.6 is 0 Å². The lowest BCUT2D eigenvalue weighted by Gasteiger charge is -2.20. The quantitative estimate of drug-likeness (QED) is 0.752. The van der Waals surface area contributed by atoms with Gasteiger partial charge in [-0.25, -0.2) is 0 Å². The van der Waals surface area contributed by atoms with E-state index in [4.69, 9.17) is 4.52 Å². The second kappa shape index (κ2) is 6.26. The first kappa shape index (κ1) is 16.1. The third-order valence-corrected chi connectivity index (χ3v) is 5.39. The highest BCUT2D eigenvalue weighted by molar-refractivity contribution is 5.90. The fourth-order valence-corrected chi connectivity index (χ4v) is 3.68. The summed E-state index contributed by atoms with van der Waals surface area (Å²) in [6, 6.07) is 6.06. The number of rotatable bonds is 4. The summed E-state index contributed by atoms with van der Waals surface area (Å²) in [7, 11) is 1.63. The molecule has 0 saturated heterocycles. The van der Waals surface area contributed by atoms with E-state index < -0.39 is 0 Å². The van der Waals surface area contributed by atoms with Crippen molar-refractivity contribution in [2.75, 3.05) is 0 Å². The number of carbonyl (C=O) groups excluding carboxylic acids is 1. The standard InChI is InChI=1S/C18H19N7O2/c1-25-22-16(21-24-25)17(26)19-14-8-6-11-9-12(5-7-13(11)14)15-20-18(27-23-15)10-3-2-4-10/h5,7,9-10,14H,2-4,6,8H2,1H3,(H,19,26). The summed E-state index contributed by atoms with van der Waals surface area (Å²) >= 11 is 0. The normalized spacial score (nSPS) is 18.9. The van der Waals surface area contributed by atoms with Crippen molar-refractivity contribution in [2.45, 2.75) is 44.1 Å². The summed E-state index contributed by atoms with van der Waals surface area (Å²) in [6.07, 6.45) is 5.22. The molecule has 1 N–H and O–H groups in total. The van der Waals surface area contributed by atoms with Crippen molar-refractivity contribution in [3.8, 4) is 11.4 Å². The van der Waals surface area contributed by atoms with E-state index in [2.05, 4.69) is 36.9 Å². The third-order valence-electron chi connectivity index (χ3n) is 5.39. The lowest BCUT2D eigenvalue weighted by atomic mass is 9.85. The molecule has 9 nitrogen and oxygen atoms in total. The molecule has 138 valence electrons. The van der Waals surface area contributed by atoms with Crippen LogP contribution in [-0.4, -0.2) is 36.3 Å².